The molecule has 3 rings (SSSR count). The van der Waals surface area contributed by atoms with Crippen molar-refractivity contribution in [3.8, 4) is 0 Å². The molecule has 3 aromatic rings. The highest BCUT2D eigenvalue weighted by Gasteiger charge is 2.33. The Kier molecular flexibility index (Phi) is 5.39. The minimum absolute atomic E-state index is 0.168. The van der Waals surface area contributed by atoms with Gasteiger partial charge in [-0.15, -0.1) is 0 Å². The highest BCUT2D eigenvalue weighted by atomic mass is 19.4. The fourth-order valence-electron chi connectivity index (χ4n) is 2.81. The zero-order valence-corrected chi connectivity index (χ0v) is 14.5. The number of hydrogen-bond acceptors (Lipinski definition) is 4. The van der Waals surface area contributed by atoms with Gasteiger partial charge in [-0.05, 0) is 24.3 Å². The predicted molar refractivity (Wildman–Crippen MR) is 93.6 cm³/mol. The van der Waals surface area contributed by atoms with Crippen LogP contribution in [0.4, 0.5) is 13.2 Å². The molecule has 0 radical (unpaired) electrons. The fourth-order valence-corrected chi connectivity index (χ4v) is 2.81. The Bertz CT molecular complexity index is 1080. The van der Waals surface area contributed by atoms with Gasteiger partial charge in [0.05, 0.1) is 30.1 Å². The van der Waals surface area contributed by atoms with Crippen LogP contribution in [0.1, 0.15) is 12.2 Å². The van der Waals surface area contributed by atoms with E-state index in [0.29, 0.717) is 4.90 Å². The van der Waals surface area contributed by atoms with Crippen molar-refractivity contribution in [3.05, 3.63) is 69.1 Å². The summed E-state index contributed by atoms with van der Waals surface area (Å²) >= 11 is 0. The summed E-state index contributed by atoms with van der Waals surface area (Å²) in [4.78, 5) is 37.4. The molecule has 28 heavy (non-hydrogen) atoms. The molecule has 148 valence electrons. The molecule has 0 aliphatic rings. The summed E-state index contributed by atoms with van der Waals surface area (Å²) in [6.45, 7) is -2.06. The Morgan fingerprint density at radius 2 is 1.82 bits per heavy atom. The number of carbonyl (C=O) groups is 1. The van der Waals surface area contributed by atoms with Crippen molar-refractivity contribution in [1.29, 1.82) is 0 Å². The number of rotatable bonds is 6. The standard InChI is InChI=1S/C18H16F3N3O4/c19-18(20,21)11-23(10-12-4-3-9-28-12)15(25)7-8-24-17(27)14-6-2-1-5-13(14)16(26)22-24/h1-6,9H,7-8,10-11H2,(H,22,26). The number of nitrogens with one attached hydrogen (secondary N) is 1. The summed E-state index contributed by atoms with van der Waals surface area (Å²) in [5.74, 6) is -0.622. The minimum atomic E-state index is -4.59. The summed E-state index contributed by atoms with van der Waals surface area (Å²) in [6, 6.07) is 9.12. The van der Waals surface area contributed by atoms with Crippen LogP contribution in [-0.4, -0.2) is 33.3 Å². The molecule has 0 unspecified atom stereocenters. The molecule has 1 N–H and O–H groups in total. The Hall–Kier alpha value is -3.30. The maximum atomic E-state index is 12.8. The average molecular weight is 395 g/mol. The molecule has 1 amide bonds. The SMILES string of the molecule is O=C(CCn1[nH]c(=O)c2ccccc2c1=O)N(Cc1ccco1)CC(F)(F)F. The first-order valence-corrected chi connectivity index (χ1v) is 8.33. The number of carbonyl (C=O) groups excluding carboxylic acids is 1. The number of amides is 1. The third kappa shape index (κ3) is 4.51. The summed E-state index contributed by atoms with van der Waals surface area (Å²) in [5.41, 5.74) is -1.05. The van der Waals surface area contributed by atoms with E-state index in [1.54, 1.807) is 12.1 Å². The lowest BCUT2D eigenvalue weighted by molar-refractivity contribution is -0.163. The van der Waals surface area contributed by atoms with E-state index in [1.165, 1.54) is 30.5 Å². The van der Waals surface area contributed by atoms with E-state index in [4.69, 9.17) is 4.42 Å². The summed E-state index contributed by atoms with van der Waals surface area (Å²) in [7, 11) is 0. The summed E-state index contributed by atoms with van der Waals surface area (Å²) in [5, 5.41) is 2.71. The molecule has 0 saturated heterocycles. The Balaban J connectivity index is 1.79. The predicted octanol–water partition coefficient (Wildman–Crippen LogP) is 2.26. The first-order chi connectivity index (χ1) is 13.2. The van der Waals surface area contributed by atoms with Crippen LogP contribution < -0.4 is 11.1 Å². The van der Waals surface area contributed by atoms with E-state index in [9.17, 15) is 27.6 Å². The van der Waals surface area contributed by atoms with Crippen molar-refractivity contribution in [1.82, 2.24) is 14.7 Å². The van der Waals surface area contributed by atoms with E-state index in [-0.39, 0.29) is 29.6 Å². The van der Waals surface area contributed by atoms with Crippen LogP contribution in [0.25, 0.3) is 10.8 Å². The monoisotopic (exact) mass is 395 g/mol. The smallest absolute Gasteiger partial charge is 0.406 e. The van der Waals surface area contributed by atoms with E-state index in [1.807, 2.05) is 0 Å². The first-order valence-electron chi connectivity index (χ1n) is 8.33. The number of halogens is 3. The quantitative estimate of drug-likeness (QED) is 0.694. The molecular formula is C18H16F3N3O4. The molecule has 10 heteroatoms. The van der Waals surface area contributed by atoms with Gasteiger partial charge in [-0.25, -0.2) is 4.68 Å². The molecule has 1 aromatic carbocycles. The van der Waals surface area contributed by atoms with Gasteiger partial charge in [-0.2, -0.15) is 13.2 Å². The molecule has 0 saturated carbocycles. The second-order valence-corrected chi connectivity index (χ2v) is 6.14. The Morgan fingerprint density at radius 1 is 1.11 bits per heavy atom. The summed E-state index contributed by atoms with van der Waals surface area (Å²) < 4.78 is 44.4. The van der Waals surface area contributed by atoms with E-state index < -0.39 is 36.2 Å². The number of alkyl halides is 3. The lowest BCUT2D eigenvalue weighted by Gasteiger charge is -2.23. The van der Waals surface area contributed by atoms with Gasteiger partial charge < -0.3 is 9.32 Å². The highest BCUT2D eigenvalue weighted by molar-refractivity contribution is 5.80. The second kappa shape index (κ2) is 7.75. The highest BCUT2D eigenvalue weighted by Crippen LogP contribution is 2.19. The summed E-state index contributed by atoms with van der Waals surface area (Å²) in [6.07, 6.45) is -3.69. The number of furan rings is 1. The number of aromatic amines is 1. The van der Waals surface area contributed by atoms with Gasteiger partial charge in [-0.3, -0.25) is 19.5 Å². The topological polar surface area (TPSA) is 88.3 Å². The number of nitrogens with zero attached hydrogens (tertiary/aromatic N) is 2. The number of aromatic nitrogens is 2. The van der Waals surface area contributed by atoms with Crippen LogP contribution in [-0.2, 0) is 17.9 Å². The van der Waals surface area contributed by atoms with Gasteiger partial charge in [0.2, 0.25) is 5.91 Å². The lowest BCUT2D eigenvalue weighted by atomic mass is 10.2. The molecule has 0 spiro atoms. The maximum Gasteiger partial charge on any atom is 0.406 e. The third-order valence-electron chi connectivity index (χ3n) is 4.08. The molecule has 0 fully saturated rings. The zero-order valence-electron chi connectivity index (χ0n) is 14.5. The van der Waals surface area contributed by atoms with Crippen LogP contribution in [0.15, 0.2) is 56.7 Å². The van der Waals surface area contributed by atoms with Crippen LogP contribution in [0, 0.1) is 0 Å². The number of benzene rings is 1. The lowest BCUT2D eigenvalue weighted by Crippen LogP contribution is -2.39. The van der Waals surface area contributed by atoms with Gasteiger partial charge in [0.1, 0.15) is 12.3 Å². The van der Waals surface area contributed by atoms with Gasteiger partial charge >= 0.3 is 6.18 Å². The van der Waals surface area contributed by atoms with E-state index in [2.05, 4.69) is 5.10 Å². The molecule has 2 aromatic heterocycles. The van der Waals surface area contributed by atoms with Gasteiger partial charge in [0, 0.05) is 6.42 Å². The van der Waals surface area contributed by atoms with Crippen molar-refractivity contribution in [2.45, 2.75) is 25.7 Å². The number of fused-ring (bicyclic) bond motifs is 1. The van der Waals surface area contributed by atoms with Crippen molar-refractivity contribution < 1.29 is 22.4 Å². The van der Waals surface area contributed by atoms with Crippen LogP contribution in [0.3, 0.4) is 0 Å². The Morgan fingerprint density at radius 3 is 2.46 bits per heavy atom. The van der Waals surface area contributed by atoms with E-state index in [0.717, 1.165) is 4.68 Å². The zero-order chi connectivity index (χ0) is 20.3. The van der Waals surface area contributed by atoms with Crippen molar-refractivity contribution in [3.63, 3.8) is 0 Å². The number of aryl methyl sites for hydroxylation is 1. The van der Waals surface area contributed by atoms with Crippen LogP contribution in [0.5, 0.6) is 0 Å². The van der Waals surface area contributed by atoms with Crippen molar-refractivity contribution >= 4 is 16.7 Å². The Labute approximate surface area is 156 Å². The molecule has 0 atom stereocenters. The number of hydrogen-bond donors (Lipinski definition) is 1. The largest absolute Gasteiger partial charge is 0.467 e. The molecular weight excluding hydrogens is 379 g/mol. The maximum absolute atomic E-state index is 12.8. The minimum Gasteiger partial charge on any atom is -0.467 e. The number of H-pyrrole nitrogens is 1. The normalized spacial score (nSPS) is 11.7. The molecule has 0 aliphatic heterocycles. The average Bonchev–Trinajstić information content (AvgIpc) is 3.15. The van der Waals surface area contributed by atoms with Gasteiger partial charge in [0.25, 0.3) is 11.1 Å². The fraction of sp³-hybridized carbons (Fsp3) is 0.278. The van der Waals surface area contributed by atoms with Crippen molar-refractivity contribution in [2.24, 2.45) is 0 Å². The molecule has 0 bridgehead atoms. The third-order valence-corrected chi connectivity index (χ3v) is 4.08. The molecule has 2 heterocycles. The van der Waals surface area contributed by atoms with E-state index >= 15 is 0 Å². The first kappa shape index (κ1) is 19.5. The second-order valence-electron chi connectivity index (χ2n) is 6.14. The van der Waals surface area contributed by atoms with Gasteiger partial charge in [-0.1, -0.05) is 12.1 Å². The van der Waals surface area contributed by atoms with Crippen LogP contribution in [0.2, 0.25) is 0 Å². The molecule has 7 nitrogen and oxygen atoms in total. The molecule has 0 aliphatic carbocycles. The van der Waals surface area contributed by atoms with Crippen LogP contribution >= 0.6 is 0 Å². The van der Waals surface area contributed by atoms with Crippen molar-refractivity contribution in [2.75, 3.05) is 6.54 Å². The van der Waals surface area contributed by atoms with Gasteiger partial charge in [0.15, 0.2) is 0 Å².